The number of carbonyl (C=O) groups excluding carboxylic acids is 2. The number of amides is 2. The zero-order valence-electron chi connectivity index (χ0n) is 30.2. The fraction of sp³-hybridized carbons (Fsp3) is 0.195. The first-order valence-corrected chi connectivity index (χ1v) is 17.3. The second kappa shape index (κ2) is 16.9. The van der Waals surface area contributed by atoms with Crippen molar-refractivity contribution in [2.45, 2.75) is 39.5 Å². The summed E-state index contributed by atoms with van der Waals surface area (Å²) in [4.78, 5) is 62.0. The van der Waals surface area contributed by atoms with E-state index in [4.69, 9.17) is 14.3 Å². The lowest BCUT2D eigenvalue weighted by molar-refractivity contribution is -0.202. The number of carbonyl (C=O) groups is 3. The molecule has 2 N–H and O–H groups in total. The van der Waals surface area contributed by atoms with Crippen LogP contribution < -0.4 is 20.3 Å². The zero-order valence-corrected chi connectivity index (χ0v) is 30.2. The van der Waals surface area contributed by atoms with Crippen molar-refractivity contribution >= 4 is 34.9 Å². The van der Waals surface area contributed by atoms with Gasteiger partial charge in [-0.15, -0.1) is 0 Å². The summed E-state index contributed by atoms with van der Waals surface area (Å²) in [5.74, 6) is -2.36. The number of hydrogen-bond donors (Lipinski definition) is 2. The van der Waals surface area contributed by atoms with Crippen LogP contribution in [0, 0.1) is 18.7 Å². The van der Waals surface area contributed by atoms with E-state index in [-0.39, 0.29) is 36.6 Å². The molecule has 4 aromatic carbocycles. The first-order chi connectivity index (χ1) is 26.6. The quantitative estimate of drug-likeness (QED) is 0.0808. The molecule has 282 valence electrons. The Bertz CT molecular complexity index is 2380. The average Bonchev–Trinajstić information content (AvgIpc) is 3.43. The Hall–Kier alpha value is -6.80. The second-order valence-electron chi connectivity index (χ2n) is 12.8. The van der Waals surface area contributed by atoms with Crippen LogP contribution >= 0.6 is 0 Å². The molecular formula is C41H38FN5O8. The number of para-hydroxylation sites is 1. The van der Waals surface area contributed by atoms with Gasteiger partial charge in [0.25, 0.3) is 11.5 Å². The molecule has 2 atom stereocenters. The van der Waals surface area contributed by atoms with Crippen molar-refractivity contribution < 1.29 is 38.2 Å². The number of hydroxylamine groups is 2. The van der Waals surface area contributed by atoms with Crippen molar-refractivity contribution in [1.82, 2.24) is 19.4 Å². The molecule has 0 fully saturated rings. The Morgan fingerprint density at radius 1 is 0.982 bits per heavy atom. The zero-order chi connectivity index (χ0) is 39.1. The molecule has 6 aromatic rings. The van der Waals surface area contributed by atoms with E-state index in [9.17, 15) is 24.3 Å². The van der Waals surface area contributed by atoms with E-state index >= 15 is 4.39 Å². The van der Waals surface area contributed by atoms with Crippen LogP contribution in [0.5, 0.6) is 17.2 Å². The summed E-state index contributed by atoms with van der Waals surface area (Å²) >= 11 is 0. The number of benzene rings is 4. The number of nitrogens with one attached hydrogen (secondary N) is 1. The van der Waals surface area contributed by atoms with Gasteiger partial charge in [0.05, 0.1) is 24.0 Å². The lowest BCUT2D eigenvalue weighted by Crippen LogP contribution is -2.42. The monoisotopic (exact) mass is 747 g/mol. The summed E-state index contributed by atoms with van der Waals surface area (Å²) in [6, 6.07) is 27.1. The largest absolute Gasteiger partial charge is 0.497 e. The Morgan fingerprint density at radius 2 is 1.71 bits per heavy atom. The van der Waals surface area contributed by atoms with Gasteiger partial charge in [-0.05, 0) is 67.3 Å². The summed E-state index contributed by atoms with van der Waals surface area (Å²) in [7, 11) is 1.54. The van der Waals surface area contributed by atoms with Gasteiger partial charge in [0.2, 0.25) is 6.41 Å². The minimum absolute atomic E-state index is 0.0158. The minimum Gasteiger partial charge on any atom is -0.497 e. The van der Waals surface area contributed by atoms with E-state index in [1.165, 1.54) is 23.0 Å². The van der Waals surface area contributed by atoms with E-state index in [1.54, 1.807) is 105 Å². The van der Waals surface area contributed by atoms with E-state index in [0.717, 1.165) is 16.7 Å². The molecule has 0 unspecified atom stereocenters. The topological polar surface area (TPSA) is 154 Å². The van der Waals surface area contributed by atoms with Crippen molar-refractivity contribution in [3.05, 3.63) is 142 Å². The maximum absolute atomic E-state index is 15.4. The van der Waals surface area contributed by atoms with Crippen molar-refractivity contribution in [3.8, 4) is 22.9 Å². The molecule has 0 radical (unpaired) electrons. The van der Waals surface area contributed by atoms with Gasteiger partial charge in [0.1, 0.15) is 23.7 Å². The van der Waals surface area contributed by atoms with Crippen LogP contribution in [0.2, 0.25) is 0 Å². The highest BCUT2D eigenvalue weighted by Crippen LogP contribution is 2.33. The van der Waals surface area contributed by atoms with Crippen LogP contribution in [0.1, 0.15) is 35.0 Å². The second-order valence-corrected chi connectivity index (χ2v) is 12.8. The smallest absolute Gasteiger partial charge is 0.329 e. The number of hydrogen-bond acceptors (Lipinski definition) is 8. The molecule has 2 heterocycles. The molecule has 55 heavy (non-hydrogen) atoms. The number of aliphatic carboxylic acids is 1. The Balaban J connectivity index is 1.23. The maximum atomic E-state index is 15.4. The molecule has 2 aromatic heterocycles. The third kappa shape index (κ3) is 8.55. The Kier molecular flexibility index (Phi) is 11.7. The van der Waals surface area contributed by atoms with Gasteiger partial charge in [0, 0.05) is 35.9 Å². The highest BCUT2D eigenvalue weighted by Gasteiger charge is 2.30. The first-order valence-electron chi connectivity index (χ1n) is 17.3. The fourth-order valence-corrected chi connectivity index (χ4v) is 6.23. The Labute approximate surface area is 315 Å². The molecule has 0 spiro atoms. The van der Waals surface area contributed by atoms with Gasteiger partial charge in [-0.25, -0.2) is 18.9 Å². The van der Waals surface area contributed by atoms with Gasteiger partial charge >= 0.3 is 5.97 Å². The lowest BCUT2D eigenvalue weighted by Gasteiger charge is -2.27. The van der Waals surface area contributed by atoms with Crippen LogP contribution in [0.4, 0.5) is 10.1 Å². The summed E-state index contributed by atoms with van der Waals surface area (Å²) in [6.07, 6.45) is 1.83. The predicted molar refractivity (Wildman–Crippen MR) is 202 cm³/mol. The Morgan fingerprint density at radius 3 is 2.38 bits per heavy atom. The van der Waals surface area contributed by atoms with Crippen LogP contribution in [-0.4, -0.2) is 56.0 Å². The number of pyridine rings is 1. The van der Waals surface area contributed by atoms with E-state index < -0.39 is 35.2 Å². The van der Waals surface area contributed by atoms with Crippen molar-refractivity contribution in [3.63, 3.8) is 0 Å². The third-order valence-corrected chi connectivity index (χ3v) is 8.97. The molecule has 2 amide bonds. The number of carboxylic acid groups (broad SMARTS) is 1. The predicted octanol–water partition coefficient (Wildman–Crippen LogP) is 6.76. The molecular weight excluding hydrogens is 709 g/mol. The number of nitrogens with zero attached hydrogens (tertiary/aromatic N) is 4. The third-order valence-electron chi connectivity index (χ3n) is 8.97. The molecule has 0 bridgehead atoms. The van der Waals surface area contributed by atoms with Crippen molar-refractivity contribution in [2.24, 2.45) is 5.92 Å². The lowest BCUT2D eigenvalue weighted by atomic mass is 10.0. The summed E-state index contributed by atoms with van der Waals surface area (Å²) in [5.41, 5.74) is 1.36. The van der Waals surface area contributed by atoms with Gasteiger partial charge in [0.15, 0.2) is 17.6 Å². The average molecular weight is 748 g/mol. The minimum atomic E-state index is -1.34. The highest BCUT2D eigenvalue weighted by molar-refractivity contribution is 6.05. The van der Waals surface area contributed by atoms with Crippen LogP contribution in [-0.2, 0) is 27.6 Å². The van der Waals surface area contributed by atoms with Gasteiger partial charge in [-0.1, -0.05) is 55.5 Å². The van der Waals surface area contributed by atoms with Crippen molar-refractivity contribution in [2.75, 3.05) is 12.4 Å². The van der Waals surface area contributed by atoms with Gasteiger partial charge < -0.3 is 19.9 Å². The van der Waals surface area contributed by atoms with Gasteiger partial charge in [-0.2, -0.15) is 0 Å². The SMILES string of the molecule is COc1ccc2c(Oc3ccc(NC(=O)c4c(C)n(C[C@H](C)C[C@@H](C(=O)O)N(C=O)OCc5ccccc5)n(-c5ccccc5)c4=O)cc3F)ccnc2c1. The maximum Gasteiger partial charge on any atom is 0.329 e. The molecule has 0 aliphatic carbocycles. The van der Waals surface area contributed by atoms with E-state index in [0.29, 0.717) is 40.2 Å². The number of methoxy groups -OCH3 is 1. The summed E-state index contributed by atoms with van der Waals surface area (Å²) < 4.78 is 29.5. The summed E-state index contributed by atoms with van der Waals surface area (Å²) in [6.45, 7) is 3.45. The molecule has 0 aliphatic rings. The van der Waals surface area contributed by atoms with E-state index in [1.807, 2.05) is 6.07 Å². The molecule has 0 saturated carbocycles. The standard InChI is InChI=1S/C41H38FN5O8/c1-26(20-35(41(51)52)46(25-48)54-24-28-10-6-4-7-11-28)23-45-27(2)38(40(50)47(45)30-12-8-5-9-13-30)39(49)44-29-14-17-37(33(42)21-29)55-36-18-19-43-34-22-31(53-3)15-16-32(34)36/h4-19,21-22,25-26,35H,20,23-24H2,1-3H3,(H,44,49)(H,51,52)/t26-,35+/m1/s1. The number of aromatic nitrogens is 3. The van der Waals surface area contributed by atoms with Gasteiger partial charge in [-0.3, -0.25) is 28.9 Å². The molecule has 6 rings (SSSR count). The van der Waals surface area contributed by atoms with E-state index in [2.05, 4.69) is 10.3 Å². The number of fused-ring (bicyclic) bond motifs is 1. The first kappa shape index (κ1) is 37.9. The van der Waals surface area contributed by atoms with Crippen LogP contribution in [0.15, 0.2) is 114 Å². The number of halogens is 1. The van der Waals surface area contributed by atoms with Crippen LogP contribution in [0.25, 0.3) is 16.6 Å². The fourth-order valence-electron chi connectivity index (χ4n) is 6.23. The number of rotatable bonds is 16. The molecule has 0 saturated heterocycles. The number of carboxylic acids is 1. The summed E-state index contributed by atoms with van der Waals surface area (Å²) in [5, 5.41) is 14.1. The normalized spacial score (nSPS) is 12.1. The molecule has 13 nitrogen and oxygen atoms in total. The number of anilines is 1. The highest BCUT2D eigenvalue weighted by atomic mass is 19.1. The number of ether oxygens (including phenoxy) is 2. The van der Waals surface area contributed by atoms with Crippen molar-refractivity contribution in [1.29, 1.82) is 0 Å². The van der Waals surface area contributed by atoms with Crippen LogP contribution in [0.3, 0.4) is 0 Å². The molecule has 0 aliphatic heterocycles. The molecule has 14 heteroatoms.